The highest BCUT2D eigenvalue weighted by atomic mass is 16.5. The van der Waals surface area contributed by atoms with E-state index in [4.69, 9.17) is 4.74 Å². The number of rotatable bonds is 2. The molecule has 88 valence electrons. The zero-order valence-corrected chi connectivity index (χ0v) is 9.06. The quantitative estimate of drug-likeness (QED) is 0.615. The molecule has 0 radical (unpaired) electrons. The number of nitrogens with zero attached hydrogens (tertiary/aromatic N) is 1. The maximum atomic E-state index is 11.6. The van der Waals surface area contributed by atoms with Gasteiger partial charge in [0.2, 0.25) is 11.8 Å². The molecule has 0 aliphatic carbocycles. The third-order valence-corrected chi connectivity index (χ3v) is 2.95. The summed E-state index contributed by atoms with van der Waals surface area (Å²) in [5, 5.41) is 2.51. The molecule has 0 spiro atoms. The van der Waals surface area contributed by atoms with Crippen LogP contribution in [0.3, 0.4) is 0 Å². The van der Waals surface area contributed by atoms with E-state index in [1.54, 1.807) is 6.92 Å². The Bertz CT molecular complexity index is 342. The Kier molecular flexibility index (Phi) is 2.80. The van der Waals surface area contributed by atoms with Gasteiger partial charge in [-0.15, -0.1) is 0 Å². The predicted octanol–water partition coefficient (Wildman–Crippen LogP) is -0.961. The van der Waals surface area contributed by atoms with Crippen molar-refractivity contribution in [1.82, 2.24) is 10.2 Å². The Balaban J connectivity index is 2.15. The number of carbonyl (C=O) groups is 3. The monoisotopic (exact) mass is 226 g/mol. The van der Waals surface area contributed by atoms with Crippen molar-refractivity contribution in [2.24, 2.45) is 0 Å². The van der Waals surface area contributed by atoms with Crippen LogP contribution in [0.1, 0.15) is 19.8 Å². The number of fused-ring (bicyclic) bond motifs is 1. The van der Waals surface area contributed by atoms with E-state index in [1.807, 2.05) is 0 Å². The number of nitrogens with one attached hydrogen (secondary N) is 1. The van der Waals surface area contributed by atoms with E-state index in [0.29, 0.717) is 12.8 Å². The minimum atomic E-state index is -0.580. The first-order valence-corrected chi connectivity index (χ1v) is 5.40. The number of ether oxygens (including phenoxy) is 1. The van der Waals surface area contributed by atoms with Crippen molar-refractivity contribution in [1.29, 1.82) is 0 Å². The third-order valence-electron chi connectivity index (χ3n) is 2.95. The van der Waals surface area contributed by atoms with E-state index in [9.17, 15) is 14.4 Å². The van der Waals surface area contributed by atoms with Crippen LogP contribution >= 0.6 is 0 Å². The fourth-order valence-electron chi connectivity index (χ4n) is 2.26. The van der Waals surface area contributed by atoms with E-state index in [2.05, 4.69) is 5.32 Å². The van der Waals surface area contributed by atoms with E-state index in [0.717, 1.165) is 0 Å². The summed E-state index contributed by atoms with van der Waals surface area (Å²) in [6.45, 7) is 1.98. The van der Waals surface area contributed by atoms with Gasteiger partial charge in [0.25, 0.3) is 0 Å². The van der Waals surface area contributed by atoms with Gasteiger partial charge in [0.15, 0.2) is 0 Å². The summed E-state index contributed by atoms with van der Waals surface area (Å²) >= 11 is 0. The second-order valence-electron chi connectivity index (χ2n) is 3.88. The highest BCUT2D eigenvalue weighted by Crippen LogP contribution is 2.27. The van der Waals surface area contributed by atoms with Crippen molar-refractivity contribution in [3.63, 3.8) is 0 Å². The number of hydrogen-bond acceptors (Lipinski definition) is 4. The van der Waals surface area contributed by atoms with Gasteiger partial charge >= 0.3 is 5.97 Å². The first-order valence-electron chi connectivity index (χ1n) is 5.40. The summed E-state index contributed by atoms with van der Waals surface area (Å²) in [4.78, 5) is 36.1. The van der Waals surface area contributed by atoms with Crippen LogP contribution in [0, 0.1) is 0 Å². The molecule has 2 amide bonds. The Morgan fingerprint density at radius 1 is 1.50 bits per heavy atom. The van der Waals surface area contributed by atoms with Crippen molar-refractivity contribution in [2.75, 3.05) is 13.2 Å². The number of carbonyl (C=O) groups excluding carboxylic acids is 3. The van der Waals surface area contributed by atoms with Gasteiger partial charge in [-0.3, -0.25) is 9.59 Å². The van der Waals surface area contributed by atoms with Crippen LogP contribution in [0.5, 0.6) is 0 Å². The molecular weight excluding hydrogens is 212 g/mol. The largest absolute Gasteiger partial charge is 0.464 e. The lowest BCUT2D eigenvalue weighted by Gasteiger charge is -2.32. The molecule has 2 fully saturated rings. The molecule has 6 heteroatoms. The minimum Gasteiger partial charge on any atom is -0.464 e. The molecule has 0 aromatic rings. The predicted molar refractivity (Wildman–Crippen MR) is 53.3 cm³/mol. The highest BCUT2D eigenvalue weighted by molar-refractivity contribution is 5.98. The summed E-state index contributed by atoms with van der Waals surface area (Å²) in [6.07, 6.45) is 1.03. The van der Waals surface area contributed by atoms with Crippen molar-refractivity contribution in [3.8, 4) is 0 Å². The second-order valence-corrected chi connectivity index (χ2v) is 3.88. The van der Waals surface area contributed by atoms with Gasteiger partial charge in [0, 0.05) is 0 Å². The Morgan fingerprint density at radius 3 is 2.94 bits per heavy atom. The standard InChI is InChI=1S/C10H14N2O4/c1-2-16-10(15)7-4-3-6-9(14)11-5-8(13)12(6)7/h6-7H,2-5H2,1H3,(H,11,14). The second kappa shape index (κ2) is 4.11. The molecule has 0 saturated carbocycles. The molecule has 2 saturated heterocycles. The van der Waals surface area contributed by atoms with E-state index in [-0.39, 0.29) is 25.0 Å². The normalized spacial score (nSPS) is 28.7. The average Bonchev–Trinajstić information content (AvgIpc) is 2.69. The average molecular weight is 226 g/mol. The molecule has 2 unspecified atom stereocenters. The number of esters is 1. The molecule has 0 aromatic carbocycles. The van der Waals surface area contributed by atoms with Crippen LogP contribution in [0.25, 0.3) is 0 Å². The molecule has 1 N–H and O–H groups in total. The van der Waals surface area contributed by atoms with Gasteiger partial charge < -0.3 is 15.0 Å². The maximum absolute atomic E-state index is 11.6. The summed E-state index contributed by atoms with van der Waals surface area (Å²) in [6, 6.07) is -1.07. The molecule has 2 aliphatic rings. The highest BCUT2D eigenvalue weighted by Gasteiger charge is 2.47. The van der Waals surface area contributed by atoms with E-state index < -0.39 is 18.1 Å². The maximum Gasteiger partial charge on any atom is 0.328 e. The Labute approximate surface area is 92.9 Å². The van der Waals surface area contributed by atoms with Gasteiger partial charge in [-0.2, -0.15) is 0 Å². The number of hydrogen-bond donors (Lipinski definition) is 1. The lowest BCUT2D eigenvalue weighted by Crippen LogP contribution is -2.59. The van der Waals surface area contributed by atoms with Gasteiger partial charge in [-0.05, 0) is 19.8 Å². The molecule has 0 aromatic heterocycles. The molecule has 2 heterocycles. The van der Waals surface area contributed by atoms with Crippen LogP contribution in [-0.2, 0) is 19.1 Å². The van der Waals surface area contributed by atoms with Crippen LogP contribution in [-0.4, -0.2) is 47.9 Å². The van der Waals surface area contributed by atoms with Crippen LogP contribution in [0.4, 0.5) is 0 Å². The van der Waals surface area contributed by atoms with Gasteiger partial charge in [-0.25, -0.2) is 4.79 Å². The zero-order chi connectivity index (χ0) is 11.7. The van der Waals surface area contributed by atoms with E-state index in [1.165, 1.54) is 4.90 Å². The van der Waals surface area contributed by atoms with Crippen LogP contribution in [0.15, 0.2) is 0 Å². The summed E-state index contributed by atoms with van der Waals surface area (Å²) in [5.41, 5.74) is 0. The molecule has 2 atom stereocenters. The topological polar surface area (TPSA) is 75.7 Å². The molecule has 16 heavy (non-hydrogen) atoms. The van der Waals surface area contributed by atoms with Crippen LogP contribution in [0.2, 0.25) is 0 Å². The lowest BCUT2D eigenvalue weighted by molar-refractivity contribution is -0.157. The van der Waals surface area contributed by atoms with Crippen molar-refractivity contribution in [2.45, 2.75) is 31.8 Å². The SMILES string of the molecule is CCOC(=O)C1CCC2C(=O)NCC(=O)N21. The van der Waals surface area contributed by atoms with Crippen molar-refractivity contribution < 1.29 is 19.1 Å². The van der Waals surface area contributed by atoms with Crippen molar-refractivity contribution in [3.05, 3.63) is 0 Å². The summed E-state index contributed by atoms with van der Waals surface area (Å²) < 4.78 is 4.89. The van der Waals surface area contributed by atoms with Gasteiger partial charge in [0.1, 0.15) is 12.1 Å². The molecule has 6 nitrogen and oxygen atoms in total. The smallest absolute Gasteiger partial charge is 0.328 e. The third kappa shape index (κ3) is 1.64. The van der Waals surface area contributed by atoms with Crippen molar-refractivity contribution >= 4 is 17.8 Å². The number of piperazine rings is 1. The first kappa shape index (κ1) is 10.9. The molecular formula is C10H14N2O4. The minimum absolute atomic E-state index is 0.0226. The number of amides is 2. The Morgan fingerprint density at radius 2 is 2.25 bits per heavy atom. The zero-order valence-electron chi connectivity index (χ0n) is 9.06. The fourth-order valence-corrected chi connectivity index (χ4v) is 2.26. The van der Waals surface area contributed by atoms with Gasteiger partial charge in [0.05, 0.1) is 13.2 Å². The molecule has 2 aliphatic heterocycles. The fraction of sp³-hybridized carbons (Fsp3) is 0.700. The molecule has 2 rings (SSSR count). The molecule has 0 bridgehead atoms. The van der Waals surface area contributed by atoms with E-state index >= 15 is 0 Å². The lowest BCUT2D eigenvalue weighted by atomic mass is 10.2. The van der Waals surface area contributed by atoms with Gasteiger partial charge in [-0.1, -0.05) is 0 Å². The van der Waals surface area contributed by atoms with Crippen LogP contribution < -0.4 is 5.32 Å². The first-order chi connectivity index (χ1) is 7.65. The summed E-state index contributed by atoms with van der Waals surface area (Å²) in [5.74, 6) is -0.792. The Hall–Kier alpha value is -1.59. The summed E-state index contributed by atoms with van der Waals surface area (Å²) in [7, 11) is 0.